The number of nitrogens with zero attached hydrogens (tertiary/aromatic N) is 1. The molecule has 0 spiro atoms. The summed E-state index contributed by atoms with van der Waals surface area (Å²) in [6.07, 6.45) is 0. The maximum absolute atomic E-state index is 11.5. The number of sulfone groups is 1. The minimum atomic E-state index is -3.33. The molecule has 1 atom stereocenters. The monoisotopic (exact) mass is 274 g/mol. The fraction of sp³-hybridized carbons (Fsp3) is 1.00. The molecular weight excluding hydrogens is 260 g/mol. The molecule has 0 amide bonds. The Bertz CT molecular complexity index is 376. The molecular formula is C6H14N2O4S3. The predicted molar refractivity (Wildman–Crippen MR) is 60.1 cm³/mol. The quantitative estimate of drug-likeness (QED) is 0.700. The fourth-order valence-electron chi connectivity index (χ4n) is 0.982. The molecule has 1 heterocycles. The molecule has 0 aromatic heterocycles. The Morgan fingerprint density at radius 3 is 2.33 bits per heavy atom. The summed E-state index contributed by atoms with van der Waals surface area (Å²) in [6.45, 7) is 3.11. The summed E-state index contributed by atoms with van der Waals surface area (Å²) in [6, 6.07) is 0. The average Bonchev–Trinajstić information content (AvgIpc) is 2.67. The second kappa shape index (κ2) is 4.58. The number of sulfonamides is 1. The number of hydrogen-bond acceptors (Lipinski definition) is 6. The Morgan fingerprint density at radius 2 is 1.87 bits per heavy atom. The maximum Gasteiger partial charge on any atom is 0.224 e. The van der Waals surface area contributed by atoms with Crippen molar-refractivity contribution >= 4 is 31.8 Å². The molecule has 0 aromatic carbocycles. The van der Waals surface area contributed by atoms with Crippen LogP contribution in [0.3, 0.4) is 0 Å². The van der Waals surface area contributed by atoms with Crippen LogP contribution in [0.1, 0.15) is 13.8 Å². The summed E-state index contributed by atoms with van der Waals surface area (Å²) < 4.78 is 46.0. The molecule has 0 bridgehead atoms. The smallest absolute Gasteiger partial charge is 0.224 e. The highest BCUT2D eigenvalue weighted by Gasteiger charge is 2.37. The lowest BCUT2D eigenvalue weighted by Crippen LogP contribution is -2.31. The molecule has 15 heavy (non-hydrogen) atoms. The molecule has 1 fully saturated rings. The SMILES string of the molecule is CCS(=O)(=O)C1NCN(S(=O)(=O)CC)S1. The second-order valence-corrected chi connectivity index (χ2v) is 9.16. The molecule has 1 rings (SSSR count). The van der Waals surface area contributed by atoms with E-state index in [0.29, 0.717) is 0 Å². The van der Waals surface area contributed by atoms with E-state index in [9.17, 15) is 16.8 Å². The number of rotatable bonds is 4. The van der Waals surface area contributed by atoms with Crippen LogP contribution in [0.15, 0.2) is 0 Å². The highest BCUT2D eigenvalue weighted by molar-refractivity contribution is 8.17. The third kappa shape index (κ3) is 2.84. The normalized spacial score (nSPS) is 24.5. The highest BCUT2D eigenvalue weighted by atomic mass is 32.3. The summed E-state index contributed by atoms with van der Waals surface area (Å²) in [5.74, 6) is -0.0295. The molecule has 1 unspecified atom stereocenters. The van der Waals surface area contributed by atoms with Gasteiger partial charge in [0, 0.05) is 5.75 Å². The Balaban J connectivity index is 2.78. The average molecular weight is 274 g/mol. The van der Waals surface area contributed by atoms with Crippen molar-refractivity contribution in [1.82, 2.24) is 9.03 Å². The molecule has 1 aliphatic heterocycles. The molecule has 0 aliphatic carbocycles. The van der Waals surface area contributed by atoms with Gasteiger partial charge in [-0.1, -0.05) is 6.92 Å². The van der Waals surface area contributed by atoms with Crippen molar-refractivity contribution < 1.29 is 16.8 Å². The molecule has 90 valence electrons. The largest absolute Gasteiger partial charge is 0.277 e. The molecule has 1 aliphatic rings. The molecule has 6 nitrogen and oxygen atoms in total. The second-order valence-electron chi connectivity index (χ2n) is 2.95. The van der Waals surface area contributed by atoms with Gasteiger partial charge in [0.15, 0.2) is 14.5 Å². The summed E-state index contributed by atoms with van der Waals surface area (Å²) in [5.41, 5.74) is 0. The first-order valence-electron chi connectivity index (χ1n) is 4.45. The lowest BCUT2D eigenvalue weighted by molar-refractivity contribution is 0.535. The molecule has 9 heteroatoms. The first-order chi connectivity index (χ1) is 6.83. The Kier molecular flexibility index (Phi) is 4.04. The van der Waals surface area contributed by atoms with Crippen molar-refractivity contribution in [3.63, 3.8) is 0 Å². The van der Waals surface area contributed by atoms with Gasteiger partial charge < -0.3 is 0 Å². The molecule has 0 radical (unpaired) electrons. The van der Waals surface area contributed by atoms with Gasteiger partial charge in [-0.3, -0.25) is 5.32 Å². The van der Waals surface area contributed by atoms with Crippen molar-refractivity contribution in [2.75, 3.05) is 18.2 Å². The van der Waals surface area contributed by atoms with Crippen molar-refractivity contribution in [2.24, 2.45) is 0 Å². The number of hydrogen-bond donors (Lipinski definition) is 1. The van der Waals surface area contributed by atoms with Crippen LogP contribution < -0.4 is 5.32 Å². The lowest BCUT2D eigenvalue weighted by atomic mass is 11.0. The van der Waals surface area contributed by atoms with Gasteiger partial charge in [-0.25, -0.2) is 16.8 Å². The van der Waals surface area contributed by atoms with Crippen molar-refractivity contribution in [3.05, 3.63) is 0 Å². The van der Waals surface area contributed by atoms with Crippen LogP contribution in [0.25, 0.3) is 0 Å². The summed E-state index contributed by atoms with van der Waals surface area (Å²) in [5, 5.41) is 2.66. The third-order valence-corrected chi connectivity index (χ3v) is 7.91. The van der Waals surface area contributed by atoms with E-state index >= 15 is 0 Å². The zero-order valence-corrected chi connectivity index (χ0v) is 11.0. The van der Waals surface area contributed by atoms with Gasteiger partial charge in [-0.05, 0) is 18.9 Å². The van der Waals surface area contributed by atoms with E-state index in [-0.39, 0.29) is 18.2 Å². The van der Waals surface area contributed by atoms with E-state index in [0.717, 1.165) is 15.7 Å². The molecule has 1 saturated heterocycles. The first kappa shape index (κ1) is 13.2. The van der Waals surface area contributed by atoms with E-state index in [1.165, 1.54) is 13.8 Å². The minimum Gasteiger partial charge on any atom is -0.277 e. The zero-order valence-electron chi connectivity index (χ0n) is 8.50. The first-order valence-corrected chi connectivity index (χ1v) is 8.61. The molecule has 0 aromatic rings. The van der Waals surface area contributed by atoms with E-state index < -0.39 is 24.6 Å². The van der Waals surface area contributed by atoms with Crippen LogP contribution in [0, 0.1) is 0 Å². The zero-order chi connectivity index (χ0) is 11.7. The maximum atomic E-state index is 11.5. The van der Waals surface area contributed by atoms with Crippen LogP contribution in [-0.2, 0) is 19.9 Å². The van der Waals surface area contributed by atoms with Gasteiger partial charge in [-0.2, -0.15) is 0 Å². The van der Waals surface area contributed by atoms with Gasteiger partial charge in [0.05, 0.1) is 12.4 Å². The van der Waals surface area contributed by atoms with Gasteiger partial charge >= 0.3 is 0 Å². The fourth-order valence-corrected chi connectivity index (χ4v) is 5.19. The Morgan fingerprint density at radius 1 is 1.27 bits per heavy atom. The standard InChI is InChI=1S/C6H14N2O4S3/c1-3-14(9,10)6-7-5-8(13-6)15(11,12)4-2/h6-7H,3-5H2,1-2H3. The van der Waals surface area contributed by atoms with Crippen LogP contribution in [0.5, 0.6) is 0 Å². The van der Waals surface area contributed by atoms with Gasteiger partial charge in [0.1, 0.15) is 0 Å². The van der Waals surface area contributed by atoms with E-state index in [2.05, 4.69) is 5.32 Å². The Labute approximate surface area is 94.5 Å². The predicted octanol–water partition coefficient (Wildman–Crippen LogP) is -0.435. The van der Waals surface area contributed by atoms with Crippen molar-refractivity contribution in [2.45, 2.75) is 18.6 Å². The highest BCUT2D eigenvalue weighted by Crippen LogP contribution is 2.28. The summed E-state index contributed by atoms with van der Waals surface area (Å²) in [7, 11) is -6.58. The van der Waals surface area contributed by atoms with Crippen LogP contribution in [-0.4, -0.2) is 43.4 Å². The van der Waals surface area contributed by atoms with Crippen LogP contribution in [0.2, 0.25) is 0 Å². The summed E-state index contributed by atoms with van der Waals surface area (Å²) >= 11 is 0.820. The van der Waals surface area contributed by atoms with Gasteiger partial charge in [0.25, 0.3) is 0 Å². The van der Waals surface area contributed by atoms with Gasteiger partial charge in [0.2, 0.25) is 10.0 Å². The van der Waals surface area contributed by atoms with E-state index in [1.807, 2.05) is 0 Å². The topological polar surface area (TPSA) is 83.6 Å². The van der Waals surface area contributed by atoms with Crippen LogP contribution >= 0.6 is 11.9 Å². The van der Waals surface area contributed by atoms with E-state index in [4.69, 9.17) is 0 Å². The van der Waals surface area contributed by atoms with Crippen molar-refractivity contribution in [1.29, 1.82) is 0 Å². The number of nitrogens with one attached hydrogen (secondary N) is 1. The molecule has 0 saturated carbocycles. The third-order valence-electron chi connectivity index (χ3n) is 2.00. The minimum absolute atomic E-state index is 0.00230. The van der Waals surface area contributed by atoms with Crippen LogP contribution in [0.4, 0.5) is 0 Å². The summed E-state index contributed by atoms with van der Waals surface area (Å²) in [4.78, 5) is 0. The Hall–Kier alpha value is 0.170. The van der Waals surface area contributed by atoms with Crippen molar-refractivity contribution in [3.8, 4) is 0 Å². The lowest BCUT2D eigenvalue weighted by Gasteiger charge is -2.12. The van der Waals surface area contributed by atoms with E-state index in [1.54, 1.807) is 0 Å². The molecule has 1 N–H and O–H groups in total. The van der Waals surface area contributed by atoms with Gasteiger partial charge in [-0.15, -0.1) is 3.71 Å².